The van der Waals surface area contributed by atoms with E-state index in [2.05, 4.69) is 31.2 Å². The summed E-state index contributed by atoms with van der Waals surface area (Å²) in [7, 11) is 1.75. The summed E-state index contributed by atoms with van der Waals surface area (Å²) in [6, 6.07) is 8.81. The molecule has 0 heterocycles. The van der Waals surface area contributed by atoms with Gasteiger partial charge in [-0.25, -0.2) is 0 Å². The van der Waals surface area contributed by atoms with Gasteiger partial charge in [-0.15, -0.1) is 0 Å². The van der Waals surface area contributed by atoms with Crippen LogP contribution in [-0.2, 0) is 0 Å². The third-order valence-electron chi connectivity index (χ3n) is 6.88. The lowest BCUT2D eigenvalue weighted by Crippen LogP contribution is -2.25. The maximum Gasteiger partial charge on any atom is 0.118 e. The van der Waals surface area contributed by atoms with Gasteiger partial charge in [0, 0.05) is 0 Å². The Labute approximate surface area is 149 Å². The van der Waals surface area contributed by atoms with Crippen molar-refractivity contribution in [1.82, 2.24) is 0 Å². The van der Waals surface area contributed by atoms with Crippen LogP contribution in [0.1, 0.15) is 89.0 Å². The zero-order chi connectivity index (χ0) is 16.8. The molecular weight excluding hydrogens is 292 g/mol. The van der Waals surface area contributed by atoms with Crippen molar-refractivity contribution in [3.05, 3.63) is 29.8 Å². The highest BCUT2D eigenvalue weighted by Crippen LogP contribution is 2.44. The average Bonchev–Trinajstić information content (AvgIpc) is 2.67. The molecule has 0 amide bonds. The number of hydrogen-bond donors (Lipinski definition) is 0. The van der Waals surface area contributed by atoms with Crippen LogP contribution in [0.5, 0.6) is 5.75 Å². The predicted octanol–water partition coefficient (Wildman–Crippen LogP) is 6.97. The largest absolute Gasteiger partial charge is 0.497 e. The van der Waals surface area contributed by atoms with Crippen LogP contribution in [-0.4, -0.2) is 7.11 Å². The molecule has 0 bridgehead atoms. The minimum Gasteiger partial charge on any atom is -0.497 e. The molecule has 2 aliphatic rings. The molecule has 1 aromatic rings. The maximum atomic E-state index is 5.29. The molecule has 3 rings (SSSR count). The number of methoxy groups -OCH3 is 1. The van der Waals surface area contributed by atoms with Gasteiger partial charge in [-0.05, 0) is 79.9 Å². The molecule has 24 heavy (non-hydrogen) atoms. The Morgan fingerprint density at radius 1 is 0.833 bits per heavy atom. The Hall–Kier alpha value is -0.980. The van der Waals surface area contributed by atoms with Gasteiger partial charge < -0.3 is 4.74 Å². The van der Waals surface area contributed by atoms with E-state index in [0.29, 0.717) is 0 Å². The lowest BCUT2D eigenvalue weighted by Gasteiger charge is -2.38. The van der Waals surface area contributed by atoms with Crippen molar-refractivity contribution < 1.29 is 4.74 Å². The van der Waals surface area contributed by atoms with Gasteiger partial charge in [-0.3, -0.25) is 0 Å². The second-order valence-electron chi connectivity index (χ2n) is 8.31. The molecule has 0 aliphatic heterocycles. The summed E-state index contributed by atoms with van der Waals surface area (Å²) in [6.07, 6.45) is 16.1. The van der Waals surface area contributed by atoms with E-state index < -0.39 is 0 Å². The molecule has 0 spiro atoms. The summed E-state index contributed by atoms with van der Waals surface area (Å²) in [5.41, 5.74) is 1.53. The van der Waals surface area contributed by atoms with Crippen molar-refractivity contribution in [1.29, 1.82) is 0 Å². The first kappa shape index (κ1) is 17.8. The molecule has 0 atom stereocenters. The molecule has 0 saturated heterocycles. The van der Waals surface area contributed by atoms with Gasteiger partial charge in [0.1, 0.15) is 5.75 Å². The molecule has 0 N–H and O–H groups in total. The minimum atomic E-state index is 0.785. The summed E-state index contributed by atoms with van der Waals surface area (Å²) in [6.45, 7) is 2.33. The number of benzene rings is 1. The van der Waals surface area contributed by atoms with Crippen LogP contribution in [0.15, 0.2) is 24.3 Å². The summed E-state index contributed by atoms with van der Waals surface area (Å²) < 4.78 is 5.29. The van der Waals surface area contributed by atoms with Crippen molar-refractivity contribution in [3.8, 4) is 5.75 Å². The maximum absolute atomic E-state index is 5.29. The number of rotatable bonds is 6. The van der Waals surface area contributed by atoms with Crippen LogP contribution < -0.4 is 4.74 Å². The summed E-state index contributed by atoms with van der Waals surface area (Å²) in [5.74, 6) is 4.88. The van der Waals surface area contributed by atoms with Gasteiger partial charge >= 0.3 is 0 Å². The van der Waals surface area contributed by atoms with Gasteiger partial charge in [-0.1, -0.05) is 51.2 Å². The monoisotopic (exact) mass is 328 g/mol. The predicted molar refractivity (Wildman–Crippen MR) is 103 cm³/mol. The zero-order valence-electron chi connectivity index (χ0n) is 15.8. The Bertz CT molecular complexity index is 461. The molecule has 1 nitrogen and oxygen atoms in total. The van der Waals surface area contributed by atoms with E-state index in [4.69, 9.17) is 4.74 Å². The zero-order valence-corrected chi connectivity index (χ0v) is 15.8. The van der Waals surface area contributed by atoms with Gasteiger partial charge in [0.15, 0.2) is 0 Å². The van der Waals surface area contributed by atoms with Gasteiger partial charge in [0.05, 0.1) is 7.11 Å². The van der Waals surface area contributed by atoms with E-state index in [0.717, 1.165) is 29.4 Å². The van der Waals surface area contributed by atoms with Crippen LogP contribution in [0.2, 0.25) is 0 Å². The molecule has 0 unspecified atom stereocenters. The molecule has 1 heteroatoms. The topological polar surface area (TPSA) is 9.23 Å². The van der Waals surface area contributed by atoms with Gasteiger partial charge in [-0.2, -0.15) is 0 Å². The minimum absolute atomic E-state index is 0.785. The fourth-order valence-electron chi connectivity index (χ4n) is 5.24. The highest BCUT2D eigenvalue weighted by Gasteiger charge is 2.31. The van der Waals surface area contributed by atoms with E-state index in [-0.39, 0.29) is 0 Å². The fraction of sp³-hybridized carbons (Fsp3) is 0.739. The number of hydrogen-bond acceptors (Lipinski definition) is 1. The first-order valence-corrected chi connectivity index (χ1v) is 10.4. The van der Waals surface area contributed by atoms with E-state index in [1.54, 1.807) is 7.11 Å². The second kappa shape index (κ2) is 8.92. The Kier molecular flexibility index (Phi) is 6.63. The van der Waals surface area contributed by atoms with Crippen molar-refractivity contribution in [3.63, 3.8) is 0 Å². The fourth-order valence-corrected chi connectivity index (χ4v) is 5.24. The average molecular weight is 329 g/mol. The first-order valence-electron chi connectivity index (χ1n) is 10.4. The molecule has 134 valence electrons. The van der Waals surface area contributed by atoms with E-state index in [9.17, 15) is 0 Å². The molecule has 2 aliphatic carbocycles. The number of unbranched alkanes of at least 4 members (excludes halogenated alkanes) is 1. The summed E-state index contributed by atoms with van der Waals surface area (Å²) in [4.78, 5) is 0. The third kappa shape index (κ3) is 4.55. The normalized spacial score (nSPS) is 30.9. The number of ether oxygens (including phenoxy) is 1. The molecule has 0 aromatic heterocycles. The van der Waals surface area contributed by atoms with Crippen molar-refractivity contribution in [2.24, 2.45) is 17.8 Å². The van der Waals surface area contributed by atoms with E-state index in [1.807, 2.05) is 0 Å². The standard InChI is InChI=1S/C23H36O/c1-3-4-5-18-6-8-19(9-7-18)20-10-12-21(13-11-20)22-14-16-23(24-2)17-15-22/h14-21H,3-13H2,1-2H3. The van der Waals surface area contributed by atoms with Crippen molar-refractivity contribution in [2.75, 3.05) is 7.11 Å². The molecular formula is C23H36O. The van der Waals surface area contributed by atoms with Crippen molar-refractivity contribution >= 4 is 0 Å². The summed E-state index contributed by atoms with van der Waals surface area (Å²) in [5, 5.41) is 0. The SMILES string of the molecule is CCCCC1CCC(C2CCC(c3ccc(OC)cc3)CC2)CC1. The molecule has 0 radical (unpaired) electrons. The van der Waals surface area contributed by atoms with Crippen LogP contribution in [0, 0.1) is 17.8 Å². The Morgan fingerprint density at radius 2 is 1.42 bits per heavy atom. The molecule has 1 aromatic carbocycles. The van der Waals surface area contributed by atoms with Crippen LogP contribution in [0.25, 0.3) is 0 Å². The molecule has 2 saturated carbocycles. The highest BCUT2D eigenvalue weighted by molar-refractivity contribution is 5.29. The van der Waals surface area contributed by atoms with E-state index >= 15 is 0 Å². The summed E-state index contributed by atoms with van der Waals surface area (Å²) >= 11 is 0. The lowest BCUT2D eigenvalue weighted by molar-refractivity contribution is 0.156. The third-order valence-corrected chi connectivity index (χ3v) is 6.88. The lowest BCUT2D eigenvalue weighted by atomic mass is 9.68. The van der Waals surface area contributed by atoms with Crippen LogP contribution >= 0.6 is 0 Å². The Morgan fingerprint density at radius 3 is 1.96 bits per heavy atom. The first-order chi connectivity index (χ1) is 11.8. The van der Waals surface area contributed by atoms with Crippen molar-refractivity contribution in [2.45, 2.75) is 83.5 Å². The quantitative estimate of drug-likeness (QED) is 0.548. The smallest absolute Gasteiger partial charge is 0.118 e. The second-order valence-corrected chi connectivity index (χ2v) is 8.31. The highest BCUT2D eigenvalue weighted by atomic mass is 16.5. The van der Waals surface area contributed by atoms with Gasteiger partial charge in [0.2, 0.25) is 0 Å². The molecule has 2 fully saturated rings. The van der Waals surface area contributed by atoms with E-state index in [1.165, 1.54) is 76.2 Å². The van der Waals surface area contributed by atoms with Crippen LogP contribution in [0.3, 0.4) is 0 Å². The van der Waals surface area contributed by atoms with Crippen LogP contribution in [0.4, 0.5) is 0 Å². The van der Waals surface area contributed by atoms with Gasteiger partial charge in [0.25, 0.3) is 0 Å². The Balaban J connectivity index is 1.43.